The van der Waals surface area contributed by atoms with Gasteiger partial charge in [-0.2, -0.15) is 22.0 Å². The van der Waals surface area contributed by atoms with Crippen LogP contribution in [0.3, 0.4) is 0 Å². The molecule has 0 aliphatic heterocycles. The predicted octanol–water partition coefficient (Wildman–Crippen LogP) is 1.75. The highest BCUT2D eigenvalue weighted by Gasteiger charge is 2.19. The van der Waals surface area contributed by atoms with Crippen LogP contribution in [0.5, 0.6) is 0 Å². The maximum Gasteiger partial charge on any atom is 0.269 e. The number of carbonyl (C=O) groups is 1. The van der Waals surface area contributed by atoms with E-state index in [-0.39, 0.29) is 18.6 Å². The molecule has 0 aromatic carbocycles. The van der Waals surface area contributed by atoms with E-state index in [4.69, 9.17) is 0 Å². The van der Waals surface area contributed by atoms with Crippen molar-refractivity contribution in [1.29, 1.82) is 0 Å². The summed E-state index contributed by atoms with van der Waals surface area (Å²) in [6.07, 6.45) is 2.73. The molecule has 2 heterocycles. The van der Waals surface area contributed by atoms with Gasteiger partial charge in [-0.05, 0) is 45.3 Å². The van der Waals surface area contributed by atoms with E-state index in [1.165, 1.54) is 0 Å². The zero-order valence-corrected chi connectivity index (χ0v) is 15.4. The van der Waals surface area contributed by atoms with Gasteiger partial charge in [0, 0.05) is 17.8 Å². The highest BCUT2D eigenvalue weighted by atomic mass is 32.2. The van der Waals surface area contributed by atoms with Crippen molar-refractivity contribution in [3.63, 3.8) is 0 Å². The van der Waals surface area contributed by atoms with Crippen LogP contribution in [-0.2, 0) is 6.54 Å². The Morgan fingerprint density at radius 3 is 2.83 bits per heavy atom. The molecule has 0 radical (unpaired) electrons. The summed E-state index contributed by atoms with van der Waals surface area (Å²) in [7, 11) is 0. The maximum absolute atomic E-state index is 12.3. The zero-order chi connectivity index (χ0) is 17.7. The number of carbonyl (C=O) groups excluding carboxylic acids is 1. The van der Waals surface area contributed by atoms with Crippen LogP contribution < -0.4 is 5.32 Å². The first-order valence-electron chi connectivity index (χ1n) is 8.02. The summed E-state index contributed by atoms with van der Waals surface area (Å²) >= 11 is 1.69. The number of amides is 1. The summed E-state index contributed by atoms with van der Waals surface area (Å²) in [6, 6.07) is 1.48. The average Bonchev–Trinajstić information content (AvgIpc) is 3.15. The Bertz CT molecular complexity index is 695. The first-order valence-corrected chi connectivity index (χ1v) is 9.41. The van der Waals surface area contributed by atoms with Gasteiger partial charge in [-0.3, -0.25) is 14.6 Å². The molecule has 24 heavy (non-hydrogen) atoms. The predicted molar refractivity (Wildman–Crippen MR) is 96.3 cm³/mol. The van der Waals surface area contributed by atoms with E-state index >= 15 is 0 Å². The lowest BCUT2D eigenvalue weighted by Gasteiger charge is -2.14. The monoisotopic (exact) mass is 351 g/mol. The molecule has 1 atom stereocenters. The van der Waals surface area contributed by atoms with E-state index in [2.05, 4.69) is 20.6 Å². The van der Waals surface area contributed by atoms with Crippen LogP contribution in [0.1, 0.15) is 35.2 Å². The third-order valence-corrected chi connectivity index (χ3v) is 4.63. The summed E-state index contributed by atoms with van der Waals surface area (Å²) in [5, 5.41) is 23.7. The summed E-state index contributed by atoms with van der Waals surface area (Å²) in [6.45, 7) is 6.69. The van der Waals surface area contributed by atoms with Crippen LogP contribution in [0.2, 0.25) is 0 Å². The number of H-pyrrole nitrogens is 1. The summed E-state index contributed by atoms with van der Waals surface area (Å²) in [5.74, 6) is 0.626. The van der Waals surface area contributed by atoms with E-state index in [1.54, 1.807) is 17.8 Å². The molecule has 0 fully saturated rings. The number of aryl methyl sites for hydroxylation is 2. The highest BCUT2D eigenvalue weighted by molar-refractivity contribution is 7.98. The molecule has 0 spiro atoms. The molecule has 7 nitrogen and oxygen atoms in total. The van der Waals surface area contributed by atoms with Crippen molar-refractivity contribution in [2.24, 2.45) is 0 Å². The van der Waals surface area contributed by atoms with Crippen LogP contribution in [-0.4, -0.2) is 55.6 Å². The number of aromatic amines is 1. The number of aliphatic hydroxyl groups excluding tert-OH is 1. The molecule has 8 heteroatoms. The first kappa shape index (κ1) is 18.5. The second-order valence-electron chi connectivity index (χ2n) is 5.66. The molecular weight excluding hydrogens is 326 g/mol. The number of rotatable bonds is 8. The lowest BCUT2D eigenvalue weighted by atomic mass is 10.1. The van der Waals surface area contributed by atoms with Crippen LogP contribution in [0.15, 0.2) is 6.07 Å². The van der Waals surface area contributed by atoms with Gasteiger partial charge < -0.3 is 10.4 Å². The lowest BCUT2D eigenvalue weighted by molar-refractivity contribution is 0.0910. The van der Waals surface area contributed by atoms with Gasteiger partial charge in [0.05, 0.1) is 24.0 Å². The van der Waals surface area contributed by atoms with Crippen molar-refractivity contribution in [2.45, 2.75) is 39.8 Å². The van der Waals surface area contributed by atoms with Gasteiger partial charge in [-0.15, -0.1) is 0 Å². The number of hydrogen-bond donors (Lipinski definition) is 3. The van der Waals surface area contributed by atoms with E-state index in [0.717, 1.165) is 35.7 Å². The van der Waals surface area contributed by atoms with Gasteiger partial charge in [0.1, 0.15) is 5.69 Å². The van der Waals surface area contributed by atoms with Crippen molar-refractivity contribution in [1.82, 2.24) is 25.3 Å². The summed E-state index contributed by atoms with van der Waals surface area (Å²) in [5.41, 5.74) is 3.96. The molecule has 2 rings (SSSR count). The second-order valence-corrected chi connectivity index (χ2v) is 6.65. The fourth-order valence-electron chi connectivity index (χ4n) is 2.67. The van der Waals surface area contributed by atoms with Gasteiger partial charge in [-0.1, -0.05) is 0 Å². The molecule has 0 saturated carbocycles. The summed E-state index contributed by atoms with van der Waals surface area (Å²) < 4.78 is 1.92. The van der Waals surface area contributed by atoms with Gasteiger partial charge in [0.25, 0.3) is 5.91 Å². The Labute approximate surface area is 146 Å². The fraction of sp³-hybridized carbons (Fsp3) is 0.562. The Kier molecular flexibility index (Phi) is 6.44. The Morgan fingerprint density at radius 1 is 1.50 bits per heavy atom. The maximum atomic E-state index is 12.3. The van der Waals surface area contributed by atoms with Crippen LogP contribution in [0, 0.1) is 13.8 Å². The third kappa shape index (κ3) is 3.99. The SMILES string of the molecule is CCn1nc(C)c(-c2cc(C(=O)N[C@H](CO)CCSC)[nH]n2)c1C. The zero-order valence-electron chi connectivity index (χ0n) is 14.6. The molecule has 3 N–H and O–H groups in total. The van der Waals surface area contributed by atoms with Crippen molar-refractivity contribution < 1.29 is 9.90 Å². The minimum absolute atomic E-state index is 0.0746. The quantitative estimate of drug-likeness (QED) is 0.673. The van der Waals surface area contributed by atoms with Crippen LogP contribution in [0.25, 0.3) is 11.3 Å². The third-order valence-electron chi connectivity index (χ3n) is 3.99. The Hall–Kier alpha value is -1.80. The minimum Gasteiger partial charge on any atom is -0.394 e. The number of nitrogens with one attached hydrogen (secondary N) is 2. The number of nitrogens with zero attached hydrogens (tertiary/aromatic N) is 3. The molecule has 0 unspecified atom stereocenters. The minimum atomic E-state index is -0.257. The van der Waals surface area contributed by atoms with Crippen molar-refractivity contribution in [3.8, 4) is 11.3 Å². The smallest absolute Gasteiger partial charge is 0.269 e. The number of thioether (sulfide) groups is 1. The highest BCUT2D eigenvalue weighted by Crippen LogP contribution is 2.25. The number of aliphatic hydroxyl groups is 1. The second kappa shape index (κ2) is 8.34. The van der Waals surface area contributed by atoms with E-state index < -0.39 is 0 Å². The van der Waals surface area contributed by atoms with Crippen molar-refractivity contribution in [2.75, 3.05) is 18.6 Å². The topological polar surface area (TPSA) is 95.8 Å². The fourth-order valence-corrected chi connectivity index (χ4v) is 3.19. The molecule has 1 amide bonds. The van der Waals surface area contributed by atoms with Crippen molar-refractivity contribution >= 4 is 17.7 Å². The van der Waals surface area contributed by atoms with Crippen molar-refractivity contribution in [3.05, 3.63) is 23.1 Å². The Balaban J connectivity index is 2.15. The molecular formula is C16H25N5O2S. The first-order chi connectivity index (χ1) is 11.5. The standard InChI is InChI=1S/C16H25N5O2S/c1-5-21-11(3)15(10(2)20-21)13-8-14(19-18-13)16(23)17-12(9-22)6-7-24-4/h8,12,22H,5-7,9H2,1-4H3,(H,17,23)(H,18,19)/t12-/m0/s1. The number of hydrogen-bond acceptors (Lipinski definition) is 5. The molecule has 132 valence electrons. The largest absolute Gasteiger partial charge is 0.394 e. The molecule has 0 bridgehead atoms. The normalized spacial score (nSPS) is 12.4. The lowest BCUT2D eigenvalue weighted by Crippen LogP contribution is -2.38. The average molecular weight is 351 g/mol. The molecule has 0 saturated heterocycles. The summed E-state index contributed by atoms with van der Waals surface area (Å²) in [4.78, 5) is 12.3. The Morgan fingerprint density at radius 2 is 2.25 bits per heavy atom. The van der Waals surface area contributed by atoms with E-state index in [9.17, 15) is 9.90 Å². The van der Waals surface area contributed by atoms with E-state index in [1.807, 2.05) is 31.7 Å². The van der Waals surface area contributed by atoms with Gasteiger partial charge >= 0.3 is 0 Å². The van der Waals surface area contributed by atoms with E-state index in [0.29, 0.717) is 11.4 Å². The molecule has 2 aromatic rings. The molecule has 0 aliphatic carbocycles. The molecule has 0 aliphatic rings. The molecule has 2 aromatic heterocycles. The van der Waals surface area contributed by atoms with Gasteiger partial charge in [-0.25, -0.2) is 0 Å². The van der Waals surface area contributed by atoms with Gasteiger partial charge in [0.2, 0.25) is 0 Å². The van der Waals surface area contributed by atoms with Crippen LogP contribution in [0.4, 0.5) is 0 Å². The van der Waals surface area contributed by atoms with Crippen LogP contribution >= 0.6 is 11.8 Å². The number of aromatic nitrogens is 4. The van der Waals surface area contributed by atoms with Gasteiger partial charge in [0.15, 0.2) is 0 Å².